The molecule has 1 fully saturated rings. The fraction of sp³-hybridized carbons (Fsp3) is 0.667. The molecular formula is C9H12ClN3O2S. The summed E-state index contributed by atoms with van der Waals surface area (Å²) in [5, 5.41) is 7.73. The van der Waals surface area contributed by atoms with E-state index < -0.39 is 0 Å². The first-order valence-electron chi connectivity index (χ1n) is 5.02. The van der Waals surface area contributed by atoms with Gasteiger partial charge in [-0.15, -0.1) is 10.2 Å². The lowest BCUT2D eigenvalue weighted by atomic mass is 10.1. The Labute approximate surface area is 102 Å². The molecule has 0 spiro atoms. The van der Waals surface area contributed by atoms with Gasteiger partial charge in [0.1, 0.15) is 0 Å². The molecule has 1 aliphatic rings. The lowest BCUT2D eigenvalue weighted by Crippen LogP contribution is -2.40. The summed E-state index contributed by atoms with van der Waals surface area (Å²) in [6.45, 7) is 1.41. The van der Waals surface area contributed by atoms with Gasteiger partial charge in [0.05, 0.1) is 6.10 Å². The number of ether oxygens (including phenoxy) is 1. The third-order valence-electron chi connectivity index (χ3n) is 2.65. The lowest BCUT2D eigenvalue weighted by Gasteiger charge is -2.30. The summed E-state index contributed by atoms with van der Waals surface area (Å²) < 4.78 is 5.55. The quantitative estimate of drug-likeness (QED) is 0.808. The molecule has 5 nitrogen and oxygen atoms in total. The maximum atomic E-state index is 11.9. The molecule has 1 aromatic heterocycles. The van der Waals surface area contributed by atoms with Crippen LogP contribution in [0.15, 0.2) is 0 Å². The Hall–Kier alpha value is -0.720. The average Bonchev–Trinajstić information content (AvgIpc) is 2.75. The van der Waals surface area contributed by atoms with Crippen LogP contribution in [-0.2, 0) is 4.74 Å². The lowest BCUT2D eigenvalue weighted by molar-refractivity contribution is 0.0350. The second kappa shape index (κ2) is 5.07. The van der Waals surface area contributed by atoms with Crippen molar-refractivity contribution >= 4 is 28.8 Å². The molecule has 16 heavy (non-hydrogen) atoms. The predicted molar refractivity (Wildman–Crippen MR) is 60.9 cm³/mol. The summed E-state index contributed by atoms with van der Waals surface area (Å²) in [5.74, 6) is -0.0843. The molecular weight excluding hydrogens is 250 g/mol. The first-order chi connectivity index (χ1) is 7.70. The maximum absolute atomic E-state index is 11.9. The summed E-state index contributed by atoms with van der Waals surface area (Å²) in [6.07, 6.45) is 2.01. The first kappa shape index (κ1) is 11.8. The molecule has 88 valence electrons. The zero-order valence-electron chi connectivity index (χ0n) is 8.85. The van der Waals surface area contributed by atoms with Crippen molar-refractivity contribution in [3.8, 4) is 0 Å². The molecule has 1 aliphatic heterocycles. The van der Waals surface area contributed by atoms with Gasteiger partial charge in [-0.1, -0.05) is 11.3 Å². The third-order valence-corrected chi connectivity index (χ3v) is 3.65. The molecule has 0 radical (unpaired) electrons. The van der Waals surface area contributed by atoms with Gasteiger partial charge >= 0.3 is 0 Å². The molecule has 1 aromatic rings. The monoisotopic (exact) mass is 261 g/mol. The van der Waals surface area contributed by atoms with E-state index >= 15 is 0 Å². The zero-order valence-corrected chi connectivity index (χ0v) is 10.4. The van der Waals surface area contributed by atoms with Crippen molar-refractivity contribution < 1.29 is 9.53 Å². The fourth-order valence-corrected chi connectivity index (χ4v) is 2.52. The number of carbonyl (C=O) groups excluding carboxylic acids is 1. The van der Waals surface area contributed by atoms with E-state index in [2.05, 4.69) is 10.2 Å². The average molecular weight is 262 g/mol. The van der Waals surface area contributed by atoms with Crippen LogP contribution in [0.3, 0.4) is 0 Å². The standard InChI is InChI=1S/C9H12ClN3O2S/c1-15-6-2-4-13(5-3-6)8(14)7-11-12-9(10)16-7/h6H,2-5H2,1H3. The molecule has 0 saturated carbocycles. The topological polar surface area (TPSA) is 55.3 Å². The molecule has 2 rings (SSSR count). The number of hydrogen-bond acceptors (Lipinski definition) is 5. The van der Waals surface area contributed by atoms with E-state index in [1.165, 1.54) is 0 Å². The normalized spacial score (nSPS) is 17.8. The highest BCUT2D eigenvalue weighted by Gasteiger charge is 2.25. The zero-order chi connectivity index (χ0) is 11.5. The summed E-state index contributed by atoms with van der Waals surface area (Å²) >= 11 is 6.76. The van der Waals surface area contributed by atoms with Crippen LogP contribution in [0.1, 0.15) is 22.6 Å². The van der Waals surface area contributed by atoms with Gasteiger partial charge in [0.15, 0.2) is 0 Å². The number of rotatable bonds is 2. The van der Waals surface area contributed by atoms with Gasteiger partial charge in [-0.25, -0.2) is 0 Å². The Morgan fingerprint density at radius 3 is 2.69 bits per heavy atom. The van der Waals surface area contributed by atoms with E-state index in [9.17, 15) is 4.79 Å². The number of piperidine rings is 1. The molecule has 7 heteroatoms. The molecule has 0 aromatic carbocycles. The van der Waals surface area contributed by atoms with Crippen LogP contribution in [0.4, 0.5) is 0 Å². The van der Waals surface area contributed by atoms with E-state index in [0.29, 0.717) is 22.6 Å². The molecule has 0 aliphatic carbocycles. The largest absolute Gasteiger partial charge is 0.381 e. The second-order valence-corrected chi connectivity index (χ2v) is 5.15. The molecule has 1 amide bonds. The van der Waals surface area contributed by atoms with Crippen LogP contribution in [0.5, 0.6) is 0 Å². The van der Waals surface area contributed by atoms with E-state index in [1.807, 2.05) is 0 Å². The minimum absolute atomic E-state index is 0.0843. The summed E-state index contributed by atoms with van der Waals surface area (Å²) in [4.78, 5) is 13.7. The molecule has 1 saturated heterocycles. The number of halogens is 1. The van der Waals surface area contributed by atoms with E-state index in [4.69, 9.17) is 16.3 Å². The van der Waals surface area contributed by atoms with Gasteiger partial charge in [-0.05, 0) is 24.4 Å². The summed E-state index contributed by atoms with van der Waals surface area (Å²) in [5.41, 5.74) is 0. The predicted octanol–water partition coefficient (Wildman–Crippen LogP) is 1.44. The van der Waals surface area contributed by atoms with E-state index in [-0.39, 0.29) is 12.0 Å². The minimum atomic E-state index is -0.0843. The van der Waals surface area contributed by atoms with E-state index in [0.717, 1.165) is 24.2 Å². The van der Waals surface area contributed by atoms with Crippen molar-refractivity contribution in [2.45, 2.75) is 18.9 Å². The van der Waals surface area contributed by atoms with Crippen LogP contribution in [0.25, 0.3) is 0 Å². The molecule has 0 unspecified atom stereocenters. The van der Waals surface area contributed by atoms with Crippen molar-refractivity contribution in [2.75, 3.05) is 20.2 Å². The van der Waals surface area contributed by atoms with Crippen molar-refractivity contribution in [3.05, 3.63) is 9.47 Å². The van der Waals surface area contributed by atoms with E-state index in [1.54, 1.807) is 12.0 Å². The van der Waals surface area contributed by atoms with Gasteiger partial charge in [-0.3, -0.25) is 4.79 Å². The minimum Gasteiger partial charge on any atom is -0.381 e. The fourth-order valence-electron chi connectivity index (χ4n) is 1.72. The molecule has 0 N–H and O–H groups in total. The van der Waals surface area contributed by atoms with Gasteiger partial charge in [0, 0.05) is 20.2 Å². The van der Waals surface area contributed by atoms with Crippen LogP contribution < -0.4 is 0 Å². The Kier molecular flexibility index (Phi) is 3.73. The Bertz CT molecular complexity index is 377. The smallest absolute Gasteiger partial charge is 0.284 e. The van der Waals surface area contributed by atoms with Crippen LogP contribution in [-0.4, -0.2) is 47.3 Å². The number of methoxy groups -OCH3 is 1. The summed E-state index contributed by atoms with van der Waals surface area (Å²) in [6, 6.07) is 0. The number of aromatic nitrogens is 2. The maximum Gasteiger partial charge on any atom is 0.284 e. The van der Waals surface area contributed by atoms with Crippen molar-refractivity contribution in [1.82, 2.24) is 15.1 Å². The van der Waals surface area contributed by atoms with Crippen LogP contribution in [0, 0.1) is 0 Å². The Morgan fingerprint density at radius 1 is 1.50 bits per heavy atom. The van der Waals surface area contributed by atoms with Crippen molar-refractivity contribution in [1.29, 1.82) is 0 Å². The number of nitrogens with zero attached hydrogens (tertiary/aromatic N) is 3. The number of likely N-dealkylation sites (tertiary alicyclic amines) is 1. The highest BCUT2D eigenvalue weighted by atomic mass is 35.5. The summed E-state index contributed by atoms with van der Waals surface area (Å²) in [7, 11) is 1.70. The SMILES string of the molecule is COC1CCN(C(=O)c2nnc(Cl)s2)CC1. The number of carbonyl (C=O) groups is 1. The highest BCUT2D eigenvalue weighted by molar-refractivity contribution is 7.17. The third kappa shape index (κ3) is 2.50. The van der Waals surface area contributed by atoms with Crippen molar-refractivity contribution in [2.24, 2.45) is 0 Å². The number of amides is 1. The van der Waals surface area contributed by atoms with Crippen LogP contribution in [0.2, 0.25) is 4.47 Å². The van der Waals surface area contributed by atoms with Gasteiger partial charge in [-0.2, -0.15) is 0 Å². The van der Waals surface area contributed by atoms with Crippen LogP contribution >= 0.6 is 22.9 Å². The molecule has 0 bridgehead atoms. The van der Waals surface area contributed by atoms with Crippen molar-refractivity contribution in [3.63, 3.8) is 0 Å². The molecule has 2 heterocycles. The van der Waals surface area contributed by atoms with Gasteiger partial charge < -0.3 is 9.64 Å². The number of hydrogen-bond donors (Lipinski definition) is 0. The van der Waals surface area contributed by atoms with Gasteiger partial charge in [0.2, 0.25) is 9.47 Å². The molecule has 0 atom stereocenters. The van der Waals surface area contributed by atoms with Gasteiger partial charge in [0.25, 0.3) is 5.91 Å². The highest BCUT2D eigenvalue weighted by Crippen LogP contribution is 2.19. The Morgan fingerprint density at radius 2 is 2.19 bits per heavy atom. The second-order valence-electron chi connectivity index (χ2n) is 3.59. The first-order valence-corrected chi connectivity index (χ1v) is 6.21. The Balaban J connectivity index is 1.96.